The number of carbonyl (C=O) groups excluding carboxylic acids is 1. The van der Waals surface area contributed by atoms with Gasteiger partial charge in [0.2, 0.25) is 0 Å². The van der Waals surface area contributed by atoms with Crippen LogP contribution in [0.3, 0.4) is 0 Å². The van der Waals surface area contributed by atoms with Gasteiger partial charge < -0.3 is 27.5 Å². The van der Waals surface area contributed by atoms with Gasteiger partial charge in [0.1, 0.15) is 17.8 Å². The first-order valence-corrected chi connectivity index (χ1v) is 17.3. The number of aromatic nitrogens is 4. The minimum absolute atomic E-state index is 0.00497. The van der Waals surface area contributed by atoms with Gasteiger partial charge in [-0.1, -0.05) is 61.5 Å². The van der Waals surface area contributed by atoms with Crippen molar-refractivity contribution in [1.29, 1.82) is 0 Å². The quantitative estimate of drug-likeness (QED) is 0.0661. The number of hydrogen-bond acceptors (Lipinski definition) is 10. The van der Waals surface area contributed by atoms with Crippen molar-refractivity contribution in [2.24, 2.45) is 7.05 Å². The predicted molar refractivity (Wildman–Crippen MR) is 197 cm³/mol. The normalized spacial score (nSPS) is 12.0. The van der Waals surface area contributed by atoms with Crippen LogP contribution in [0, 0.1) is 17.0 Å². The van der Waals surface area contributed by atoms with E-state index in [9.17, 15) is 19.7 Å². The lowest BCUT2D eigenvalue weighted by molar-refractivity contribution is -0.767. The van der Waals surface area contributed by atoms with E-state index in [4.69, 9.17) is 23.5 Å². The van der Waals surface area contributed by atoms with Crippen molar-refractivity contribution in [2.75, 3.05) is 0 Å². The van der Waals surface area contributed by atoms with Crippen LogP contribution in [0.1, 0.15) is 59.1 Å². The van der Waals surface area contributed by atoms with Crippen LogP contribution in [0.15, 0.2) is 98.6 Å². The molecule has 7 aromatic rings. The predicted octanol–water partition coefficient (Wildman–Crippen LogP) is 7.61. The van der Waals surface area contributed by atoms with Crippen molar-refractivity contribution in [3.8, 4) is 22.5 Å². The molecule has 0 saturated heterocycles. The molecule has 1 atom stereocenters. The van der Waals surface area contributed by atoms with Gasteiger partial charge >= 0.3 is 11.8 Å². The van der Waals surface area contributed by atoms with Crippen molar-refractivity contribution >= 4 is 28.0 Å². The van der Waals surface area contributed by atoms with E-state index in [0.29, 0.717) is 17.7 Å². The summed E-state index contributed by atoms with van der Waals surface area (Å²) >= 11 is 0. The number of imidazole rings is 2. The molecular weight excluding hydrogens is 678 g/mol. The number of fused-ring (bicyclic) bond motifs is 2. The molecule has 0 bridgehead atoms. The Morgan fingerprint density at radius 1 is 0.943 bits per heavy atom. The van der Waals surface area contributed by atoms with E-state index in [1.165, 1.54) is 6.92 Å². The smallest absolute Gasteiger partial charge is 0.454 e. The lowest BCUT2D eigenvalue weighted by Gasteiger charge is -2.13. The van der Waals surface area contributed by atoms with E-state index in [1.807, 2.05) is 61.6 Å². The summed E-state index contributed by atoms with van der Waals surface area (Å²) < 4.78 is 20.0. The second kappa shape index (κ2) is 14.6. The van der Waals surface area contributed by atoms with Crippen LogP contribution in [0.2, 0.25) is 0 Å². The Morgan fingerprint density at radius 3 is 2.43 bits per heavy atom. The Bertz CT molecular complexity index is 2520. The van der Waals surface area contributed by atoms with Crippen molar-refractivity contribution in [3.63, 3.8) is 0 Å². The zero-order valence-electron chi connectivity index (χ0n) is 29.7. The Balaban J connectivity index is 1.13. The maximum atomic E-state index is 13.3. The summed E-state index contributed by atoms with van der Waals surface area (Å²) in [5.74, 6) is 0.215. The number of para-hydroxylation sites is 2. The summed E-state index contributed by atoms with van der Waals surface area (Å²) in [7, 11) is 2.04. The van der Waals surface area contributed by atoms with Crippen molar-refractivity contribution in [2.45, 2.75) is 59.3 Å². The molecule has 3 aromatic heterocycles. The van der Waals surface area contributed by atoms with Gasteiger partial charge in [-0.05, 0) is 72.9 Å². The van der Waals surface area contributed by atoms with Gasteiger partial charge in [0, 0.05) is 32.0 Å². The average molecular weight is 716 g/mol. The number of carbonyl (C=O) groups is 1. The number of esters is 1. The molecule has 13 nitrogen and oxygen atoms in total. The standard InChI is InChI=1S/C40H37N5O8/c1-5-10-36-42-37-24(2)19-28(38-41-31-13-8-9-14-32(31)43(38)4)21-33(37)44(36)22-26-15-17-27(18-16-26)29-11-6-7-12-30(29)39(46)50-23-35-34(51-40(47)52-35)20-25(3)53-45(48)49/h6-9,11-19,21,25H,5,10,20,22-23H2,1-4H3/t25-/m0/s1. The van der Waals surface area contributed by atoms with E-state index in [2.05, 4.69) is 46.0 Å². The molecule has 0 fully saturated rings. The summed E-state index contributed by atoms with van der Waals surface area (Å²) in [4.78, 5) is 50.3. The van der Waals surface area contributed by atoms with Crippen LogP contribution in [0.25, 0.3) is 44.6 Å². The summed E-state index contributed by atoms with van der Waals surface area (Å²) in [6.07, 6.45) is 0.747. The molecule has 7 rings (SSSR count). The zero-order chi connectivity index (χ0) is 37.2. The molecule has 53 heavy (non-hydrogen) atoms. The zero-order valence-corrected chi connectivity index (χ0v) is 29.7. The number of hydrogen-bond donors (Lipinski definition) is 0. The van der Waals surface area contributed by atoms with Gasteiger partial charge in [0.15, 0.2) is 18.1 Å². The SMILES string of the molecule is CCCc1nc2c(C)cc(-c3nc4ccccc4n3C)cc2n1Cc1ccc(-c2ccccc2C(=O)OCc2oc(=O)oc2C[C@H](C)O[N+](=O)[O-])cc1. The maximum Gasteiger partial charge on any atom is 0.519 e. The monoisotopic (exact) mass is 715 g/mol. The molecule has 0 unspecified atom stereocenters. The van der Waals surface area contributed by atoms with Crippen molar-refractivity contribution in [3.05, 3.63) is 140 Å². The molecule has 3 heterocycles. The number of benzene rings is 4. The fourth-order valence-electron chi connectivity index (χ4n) is 6.70. The topological polar surface area (TPSA) is 158 Å². The Morgan fingerprint density at radius 2 is 1.68 bits per heavy atom. The first-order valence-electron chi connectivity index (χ1n) is 17.3. The summed E-state index contributed by atoms with van der Waals surface area (Å²) in [6, 6.07) is 27.6. The van der Waals surface area contributed by atoms with Gasteiger partial charge in [-0.15, -0.1) is 10.1 Å². The molecule has 0 aliphatic heterocycles. The van der Waals surface area contributed by atoms with E-state index in [1.54, 1.807) is 12.1 Å². The molecule has 4 aromatic carbocycles. The minimum atomic E-state index is -1.01. The maximum absolute atomic E-state index is 13.3. The third kappa shape index (κ3) is 7.18. The fourth-order valence-corrected chi connectivity index (χ4v) is 6.70. The first-order chi connectivity index (χ1) is 25.6. The van der Waals surface area contributed by atoms with Crippen LogP contribution < -0.4 is 5.82 Å². The Kier molecular flexibility index (Phi) is 9.64. The third-order valence-electron chi connectivity index (χ3n) is 9.19. The van der Waals surface area contributed by atoms with Gasteiger partial charge in [0.05, 0.1) is 27.6 Å². The van der Waals surface area contributed by atoms with Gasteiger partial charge in [-0.25, -0.2) is 19.6 Å². The molecule has 0 aliphatic carbocycles. The van der Waals surface area contributed by atoms with E-state index >= 15 is 0 Å². The lowest BCUT2D eigenvalue weighted by Crippen LogP contribution is -2.16. The van der Waals surface area contributed by atoms with E-state index in [-0.39, 0.29) is 17.9 Å². The largest absolute Gasteiger partial charge is 0.519 e. The molecule has 0 radical (unpaired) electrons. The van der Waals surface area contributed by atoms with Crippen LogP contribution in [0.5, 0.6) is 0 Å². The highest BCUT2D eigenvalue weighted by atomic mass is 17.0. The first kappa shape index (κ1) is 34.9. The second-order valence-electron chi connectivity index (χ2n) is 13.0. The molecule has 0 N–H and O–H groups in total. The number of rotatable bonds is 13. The Labute approximate surface area is 303 Å². The van der Waals surface area contributed by atoms with Gasteiger partial charge in [-0.3, -0.25) is 0 Å². The summed E-state index contributed by atoms with van der Waals surface area (Å²) in [5, 5.41) is 9.74. The van der Waals surface area contributed by atoms with Gasteiger partial charge in [-0.2, -0.15) is 0 Å². The summed E-state index contributed by atoms with van der Waals surface area (Å²) in [5.41, 5.74) is 9.01. The minimum Gasteiger partial charge on any atom is -0.454 e. The van der Waals surface area contributed by atoms with E-state index < -0.39 is 29.6 Å². The lowest BCUT2D eigenvalue weighted by atomic mass is 9.98. The third-order valence-corrected chi connectivity index (χ3v) is 9.19. The summed E-state index contributed by atoms with van der Waals surface area (Å²) in [6.45, 7) is 5.88. The van der Waals surface area contributed by atoms with Gasteiger partial charge in [0.25, 0.3) is 5.09 Å². The van der Waals surface area contributed by atoms with Crippen molar-refractivity contribution < 1.29 is 28.3 Å². The van der Waals surface area contributed by atoms with Crippen LogP contribution >= 0.6 is 0 Å². The number of nitrogens with zero attached hydrogens (tertiary/aromatic N) is 5. The highest BCUT2D eigenvalue weighted by Crippen LogP contribution is 2.31. The van der Waals surface area contributed by atoms with Crippen LogP contribution in [0.4, 0.5) is 0 Å². The highest BCUT2D eigenvalue weighted by Gasteiger charge is 2.22. The van der Waals surface area contributed by atoms with Crippen molar-refractivity contribution in [1.82, 2.24) is 19.1 Å². The molecule has 0 spiro atoms. The number of ether oxygens (including phenoxy) is 1. The molecule has 0 saturated carbocycles. The average Bonchev–Trinajstić information content (AvgIpc) is 3.79. The second-order valence-corrected chi connectivity index (χ2v) is 13.0. The molecular formula is C40H37N5O8. The van der Waals surface area contributed by atoms with E-state index in [0.717, 1.165) is 68.8 Å². The molecule has 0 amide bonds. The van der Waals surface area contributed by atoms with Crippen LogP contribution in [-0.2, 0) is 42.6 Å². The number of aryl methyl sites for hydroxylation is 3. The Hall–Kier alpha value is -6.50. The fraction of sp³-hybridized carbons (Fsp3) is 0.250. The molecule has 0 aliphatic rings. The molecule has 13 heteroatoms. The van der Waals surface area contributed by atoms with Crippen LogP contribution in [-0.4, -0.2) is 36.3 Å². The highest BCUT2D eigenvalue weighted by molar-refractivity contribution is 5.97. The molecule has 270 valence electrons.